The van der Waals surface area contributed by atoms with Gasteiger partial charge in [0.2, 0.25) is 0 Å². The first kappa shape index (κ1) is 16.1. The molecule has 0 spiro atoms. The molecule has 1 aliphatic heterocycles. The van der Waals surface area contributed by atoms with Crippen LogP contribution in [0.5, 0.6) is 5.75 Å². The summed E-state index contributed by atoms with van der Waals surface area (Å²) in [6, 6.07) is 14.3. The van der Waals surface area contributed by atoms with Crippen LogP contribution in [0.4, 0.5) is 0 Å². The van der Waals surface area contributed by atoms with Crippen LogP contribution < -0.4 is 10.1 Å². The van der Waals surface area contributed by atoms with Crippen molar-refractivity contribution in [3.05, 3.63) is 92.3 Å². The number of rotatable bonds is 3. The van der Waals surface area contributed by atoms with Gasteiger partial charge in [0.1, 0.15) is 11.7 Å². The summed E-state index contributed by atoms with van der Waals surface area (Å²) < 4.78 is 5.17. The number of hydrogen-bond acceptors (Lipinski definition) is 5. The summed E-state index contributed by atoms with van der Waals surface area (Å²) in [6.45, 7) is 1.67. The van der Waals surface area contributed by atoms with Crippen molar-refractivity contribution in [2.75, 3.05) is 7.11 Å². The van der Waals surface area contributed by atoms with E-state index >= 15 is 0 Å². The molecule has 1 aliphatic carbocycles. The quantitative estimate of drug-likeness (QED) is 0.678. The first-order valence-electron chi connectivity index (χ1n) is 8.17. The highest BCUT2D eigenvalue weighted by molar-refractivity contribution is 6.22. The number of carbonyl (C=O) groups is 1. The van der Waals surface area contributed by atoms with Crippen LogP contribution in [0.2, 0.25) is 0 Å². The summed E-state index contributed by atoms with van der Waals surface area (Å²) >= 11 is 0. The van der Waals surface area contributed by atoms with Gasteiger partial charge in [-0.05, 0) is 24.6 Å². The minimum atomic E-state index is -0.730. The minimum absolute atomic E-state index is 0.00456. The second-order valence-corrected chi connectivity index (χ2v) is 6.26. The van der Waals surface area contributed by atoms with Crippen LogP contribution in [-0.2, 0) is 0 Å². The summed E-state index contributed by atoms with van der Waals surface area (Å²) in [5.74, 6) is -0.246. The predicted octanol–water partition coefficient (Wildman–Crippen LogP) is 3.50. The molecule has 2 aliphatic rings. The molecule has 2 aromatic carbocycles. The fourth-order valence-electron chi connectivity index (χ4n) is 3.68. The number of carbonyl (C=O) groups excluding carboxylic acids is 1. The number of nitrogens with zero attached hydrogens (tertiary/aromatic N) is 1. The number of hydrogen-bond donors (Lipinski definition) is 1. The first-order chi connectivity index (χ1) is 12.5. The maximum absolute atomic E-state index is 13.0. The van der Waals surface area contributed by atoms with Crippen molar-refractivity contribution in [3.63, 3.8) is 0 Å². The Morgan fingerprint density at radius 1 is 1.08 bits per heavy atom. The maximum atomic E-state index is 13.0. The molecule has 2 aromatic rings. The molecule has 6 nitrogen and oxygen atoms in total. The zero-order valence-corrected chi connectivity index (χ0v) is 14.3. The van der Waals surface area contributed by atoms with Crippen LogP contribution in [0.25, 0.3) is 5.70 Å². The molecule has 6 heteroatoms. The fourth-order valence-corrected chi connectivity index (χ4v) is 3.68. The SMILES string of the molecule is COc1ccc(C2C3=C(NC(C)=C2[N+](=O)[O-])c2ccccc2C3=O)cc1. The molecule has 0 amide bonds. The molecule has 0 fully saturated rings. The molecule has 0 saturated carbocycles. The van der Waals surface area contributed by atoms with Gasteiger partial charge in [-0.15, -0.1) is 0 Å². The molecule has 0 aromatic heterocycles. The van der Waals surface area contributed by atoms with Gasteiger partial charge in [-0.3, -0.25) is 14.9 Å². The topological polar surface area (TPSA) is 81.5 Å². The average Bonchev–Trinajstić information content (AvgIpc) is 2.93. The van der Waals surface area contributed by atoms with Crippen molar-refractivity contribution in [1.29, 1.82) is 0 Å². The minimum Gasteiger partial charge on any atom is -0.497 e. The molecule has 1 atom stereocenters. The third-order valence-electron chi connectivity index (χ3n) is 4.86. The fraction of sp³-hybridized carbons (Fsp3) is 0.150. The number of nitrogens with one attached hydrogen (secondary N) is 1. The molecule has 1 heterocycles. The van der Waals surface area contributed by atoms with Crippen LogP contribution in [0, 0.1) is 10.1 Å². The Labute approximate surface area is 149 Å². The van der Waals surface area contributed by atoms with E-state index in [-0.39, 0.29) is 11.5 Å². The van der Waals surface area contributed by atoms with Gasteiger partial charge in [0, 0.05) is 16.7 Å². The van der Waals surface area contributed by atoms with Gasteiger partial charge in [-0.25, -0.2) is 0 Å². The zero-order chi connectivity index (χ0) is 18.4. The molecule has 0 bridgehead atoms. The Bertz CT molecular complexity index is 1000. The molecular formula is C20H16N2O4. The van der Waals surface area contributed by atoms with E-state index in [1.165, 1.54) is 0 Å². The van der Waals surface area contributed by atoms with E-state index in [4.69, 9.17) is 4.74 Å². The van der Waals surface area contributed by atoms with Crippen LogP contribution >= 0.6 is 0 Å². The van der Waals surface area contributed by atoms with E-state index < -0.39 is 10.8 Å². The Morgan fingerprint density at radius 2 is 1.73 bits per heavy atom. The molecule has 0 radical (unpaired) electrons. The number of allylic oxidation sites excluding steroid dienone is 2. The van der Waals surface area contributed by atoms with Crippen LogP contribution in [0.15, 0.2) is 65.5 Å². The monoisotopic (exact) mass is 348 g/mol. The average molecular weight is 348 g/mol. The van der Waals surface area contributed by atoms with Crippen LogP contribution in [0.1, 0.15) is 34.3 Å². The largest absolute Gasteiger partial charge is 0.497 e. The number of benzene rings is 2. The van der Waals surface area contributed by atoms with Crippen molar-refractivity contribution in [3.8, 4) is 5.75 Å². The van der Waals surface area contributed by atoms with Gasteiger partial charge < -0.3 is 10.1 Å². The highest BCUT2D eigenvalue weighted by Crippen LogP contribution is 2.46. The number of fused-ring (bicyclic) bond motifs is 2. The van der Waals surface area contributed by atoms with Crippen LogP contribution in [0.3, 0.4) is 0 Å². The highest BCUT2D eigenvalue weighted by atomic mass is 16.6. The molecule has 130 valence electrons. The molecule has 26 heavy (non-hydrogen) atoms. The van der Waals surface area contributed by atoms with Gasteiger partial charge in [-0.1, -0.05) is 36.4 Å². The number of ether oxygens (including phenoxy) is 1. The van der Waals surface area contributed by atoms with E-state index in [9.17, 15) is 14.9 Å². The number of dihydropyridines is 1. The number of methoxy groups -OCH3 is 1. The summed E-state index contributed by atoms with van der Waals surface area (Å²) in [5, 5.41) is 14.9. The van der Waals surface area contributed by atoms with Crippen molar-refractivity contribution in [2.45, 2.75) is 12.8 Å². The van der Waals surface area contributed by atoms with Gasteiger partial charge in [0.25, 0.3) is 5.70 Å². The molecule has 1 N–H and O–H groups in total. The van der Waals surface area contributed by atoms with Gasteiger partial charge >= 0.3 is 0 Å². The van der Waals surface area contributed by atoms with Gasteiger partial charge in [0.05, 0.1) is 23.4 Å². The van der Waals surface area contributed by atoms with E-state index in [0.717, 1.165) is 5.56 Å². The van der Waals surface area contributed by atoms with Gasteiger partial charge in [-0.2, -0.15) is 0 Å². The summed E-state index contributed by atoms with van der Waals surface area (Å²) in [6.07, 6.45) is 0. The first-order valence-corrected chi connectivity index (χ1v) is 8.17. The zero-order valence-electron chi connectivity index (χ0n) is 14.3. The third-order valence-corrected chi connectivity index (χ3v) is 4.86. The predicted molar refractivity (Wildman–Crippen MR) is 96.3 cm³/mol. The number of Topliss-reactive ketones (excluding diaryl/α,β-unsaturated/α-hetero) is 1. The van der Waals surface area contributed by atoms with E-state index in [2.05, 4.69) is 5.32 Å². The van der Waals surface area contributed by atoms with Crippen molar-refractivity contribution >= 4 is 11.5 Å². The number of nitro groups is 1. The lowest BCUT2D eigenvalue weighted by atomic mass is 9.83. The standard InChI is InChI=1S/C20H16N2O4/c1-11-19(22(24)25)16(12-7-9-13(26-2)10-8-12)17-18(21-11)14-5-3-4-6-15(14)20(17)23/h3-10,16,21H,1-2H3. The van der Waals surface area contributed by atoms with E-state index in [1.807, 2.05) is 12.1 Å². The lowest BCUT2D eigenvalue weighted by Gasteiger charge is -2.25. The number of ketones is 1. The van der Waals surface area contributed by atoms with Crippen molar-refractivity contribution < 1.29 is 14.5 Å². The molecule has 0 saturated heterocycles. The second-order valence-electron chi connectivity index (χ2n) is 6.26. The maximum Gasteiger partial charge on any atom is 0.276 e. The molecule has 1 unspecified atom stereocenters. The van der Waals surface area contributed by atoms with Crippen LogP contribution in [-0.4, -0.2) is 17.8 Å². The Balaban J connectivity index is 1.93. The summed E-state index contributed by atoms with van der Waals surface area (Å²) in [5.41, 5.74) is 3.57. The molecular weight excluding hydrogens is 332 g/mol. The third kappa shape index (κ3) is 2.23. The lowest BCUT2D eigenvalue weighted by Crippen LogP contribution is -2.28. The Morgan fingerprint density at radius 3 is 2.35 bits per heavy atom. The van der Waals surface area contributed by atoms with E-state index in [1.54, 1.807) is 50.4 Å². The second kappa shape index (κ2) is 5.84. The van der Waals surface area contributed by atoms with E-state index in [0.29, 0.717) is 33.8 Å². The summed E-state index contributed by atoms with van der Waals surface area (Å²) in [7, 11) is 1.56. The van der Waals surface area contributed by atoms with Crippen molar-refractivity contribution in [2.24, 2.45) is 0 Å². The smallest absolute Gasteiger partial charge is 0.276 e. The van der Waals surface area contributed by atoms with Crippen molar-refractivity contribution in [1.82, 2.24) is 5.32 Å². The lowest BCUT2D eigenvalue weighted by molar-refractivity contribution is -0.430. The Hall–Kier alpha value is -3.41. The Kier molecular flexibility index (Phi) is 3.61. The normalized spacial score (nSPS) is 18.4. The highest BCUT2D eigenvalue weighted by Gasteiger charge is 2.45. The van der Waals surface area contributed by atoms with Gasteiger partial charge in [0.15, 0.2) is 5.78 Å². The molecule has 4 rings (SSSR count). The summed E-state index contributed by atoms with van der Waals surface area (Å²) in [4.78, 5) is 24.4.